The third-order valence-corrected chi connectivity index (χ3v) is 2.39. The van der Waals surface area contributed by atoms with Gasteiger partial charge in [-0.2, -0.15) is 0 Å². The van der Waals surface area contributed by atoms with Crippen molar-refractivity contribution in [2.75, 3.05) is 0 Å². The fourth-order valence-corrected chi connectivity index (χ4v) is 1.42. The minimum atomic E-state index is -0.879. The van der Waals surface area contributed by atoms with Crippen LogP contribution < -0.4 is 0 Å². The van der Waals surface area contributed by atoms with E-state index in [1.165, 1.54) is 12.1 Å². The third kappa shape index (κ3) is 3.14. The van der Waals surface area contributed by atoms with Gasteiger partial charge in [-0.3, -0.25) is 4.79 Å². The van der Waals surface area contributed by atoms with Gasteiger partial charge in [-0.25, -0.2) is 4.39 Å². The summed E-state index contributed by atoms with van der Waals surface area (Å²) in [6.07, 6.45) is 0.357. The van der Waals surface area contributed by atoms with Crippen molar-refractivity contribution < 1.29 is 14.3 Å². The van der Waals surface area contributed by atoms with E-state index in [2.05, 4.69) is 15.9 Å². The number of halogens is 2. The normalized spacial score (nSPS) is 10.0. The number of carbonyl (C=O) groups is 1. The summed E-state index contributed by atoms with van der Waals surface area (Å²) in [5.74, 6) is -1.22. The van der Waals surface area contributed by atoms with Crippen LogP contribution in [0.2, 0.25) is 0 Å². The Morgan fingerprint density at radius 1 is 1.54 bits per heavy atom. The molecule has 0 unspecified atom stereocenters. The van der Waals surface area contributed by atoms with E-state index < -0.39 is 5.97 Å². The summed E-state index contributed by atoms with van der Waals surface area (Å²) in [5, 5.41) is 8.43. The third-order valence-electron chi connectivity index (χ3n) is 1.62. The fraction of sp³-hybridized carbons (Fsp3) is 0.222. The number of carboxylic acid groups (broad SMARTS) is 1. The van der Waals surface area contributed by atoms with Crippen molar-refractivity contribution in [1.29, 1.82) is 0 Å². The Bertz CT molecular complexity index is 325. The van der Waals surface area contributed by atoms with Crippen LogP contribution >= 0.6 is 15.9 Å². The van der Waals surface area contributed by atoms with Crippen molar-refractivity contribution in [3.8, 4) is 0 Å². The number of aryl methyl sites for hydroxylation is 1. The van der Waals surface area contributed by atoms with E-state index in [0.717, 1.165) is 4.47 Å². The van der Waals surface area contributed by atoms with Crippen molar-refractivity contribution >= 4 is 21.9 Å². The summed E-state index contributed by atoms with van der Waals surface area (Å²) in [7, 11) is 0. The van der Waals surface area contributed by atoms with Crippen LogP contribution in [0.4, 0.5) is 4.39 Å². The van der Waals surface area contributed by atoms with Gasteiger partial charge in [0, 0.05) is 10.9 Å². The molecule has 13 heavy (non-hydrogen) atoms. The van der Waals surface area contributed by atoms with E-state index in [9.17, 15) is 9.18 Å². The van der Waals surface area contributed by atoms with E-state index in [1.54, 1.807) is 6.07 Å². The van der Waals surface area contributed by atoms with Crippen molar-refractivity contribution in [2.45, 2.75) is 12.8 Å². The lowest BCUT2D eigenvalue weighted by molar-refractivity contribution is -0.136. The van der Waals surface area contributed by atoms with Crippen LogP contribution in [0.5, 0.6) is 0 Å². The van der Waals surface area contributed by atoms with Crippen molar-refractivity contribution in [1.82, 2.24) is 0 Å². The van der Waals surface area contributed by atoms with Crippen molar-refractivity contribution in [3.05, 3.63) is 34.1 Å². The van der Waals surface area contributed by atoms with Crippen molar-refractivity contribution in [3.63, 3.8) is 0 Å². The molecule has 1 rings (SSSR count). The summed E-state index contributed by atoms with van der Waals surface area (Å²) >= 11 is 3.22. The Kier molecular flexibility index (Phi) is 3.42. The minimum Gasteiger partial charge on any atom is -0.481 e. The molecule has 0 atom stereocenters. The van der Waals surface area contributed by atoms with Gasteiger partial charge in [0.15, 0.2) is 0 Å². The molecular formula is C9H8BrFO2. The number of benzene rings is 1. The molecule has 4 heteroatoms. The molecule has 0 saturated carbocycles. The molecule has 1 N–H and O–H groups in total. The maximum absolute atomic E-state index is 12.7. The summed E-state index contributed by atoms with van der Waals surface area (Å²) in [6, 6.07) is 4.24. The van der Waals surface area contributed by atoms with E-state index in [1.807, 2.05) is 0 Å². The predicted molar refractivity (Wildman–Crippen MR) is 50.1 cm³/mol. The van der Waals surface area contributed by atoms with Crippen LogP contribution in [-0.2, 0) is 11.2 Å². The van der Waals surface area contributed by atoms with E-state index >= 15 is 0 Å². The maximum atomic E-state index is 12.7. The molecule has 0 bridgehead atoms. The Morgan fingerprint density at radius 3 is 2.85 bits per heavy atom. The maximum Gasteiger partial charge on any atom is 0.303 e. The lowest BCUT2D eigenvalue weighted by atomic mass is 10.1. The lowest BCUT2D eigenvalue weighted by Crippen LogP contribution is -1.98. The second kappa shape index (κ2) is 4.37. The molecule has 0 saturated heterocycles. The summed E-state index contributed by atoms with van der Waals surface area (Å²) < 4.78 is 13.4. The largest absolute Gasteiger partial charge is 0.481 e. The van der Waals surface area contributed by atoms with Crippen molar-refractivity contribution in [2.24, 2.45) is 0 Å². The molecule has 0 fully saturated rings. The van der Waals surface area contributed by atoms with Gasteiger partial charge in [0.25, 0.3) is 0 Å². The molecule has 1 aromatic rings. The highest BCUT2D eigenvalue weighted by molar-refractivity contribution is 9.10. The van der Waals surface area contributed by atoms with E-state index in [-0.39, 0.29) is 12.2 Å². The molecule has 2 nitrogen and oxygen atoms in total. The molecule has 0 amide bonds. The average molecular weight is 247 g/mol. The van der Waals surface area contributed by atoms with Gasteiger partial charge in [-0.15, -0.1) is 0 Å². The average Bonchev–Trinajstić information content (AvgIpc) is 2.06. The molecule has 0 aliphatic carbocycles. The van der Waals surface area contributed by atoms with Crippen LogP contribution in [0.15, 0.2) is 22.7 Å². The monoisotopic (exact) mass is 246 g/mol. The topological polar surface area (TPSA) is 37.3 Å². The molecule has 0 spiro atoms. The second-order valence-corrected chi connectivity index (χ2v) is 3.48. The van der Waals surface area contributed by atoms with Crippen LogP contribution in [0.25, 0.3) is 0 Å². The highest BCUT2D eigenvalue weighted by Gasteiger charge is 2.04. The van der Waals surface area contributed by atoms with Gasteiger partial charge in [-0.05, 0) is 30.2 Å². The zero-order chi connectivity index (χ0) is 9.84. The van der Waals surface area contributed by atoms with Crippen LogP contribution in [0, 0.1) is 5.82 Å². The fourth-order valence-electron chi connectivity index (χ4n) is 0.976. The zero-order valence-electron chi connectivity index (χ0n) is 6.76. The Hall–Kier alpha value is -0.900. The minimum absolute atomic E-state index is 0.0159. The molecule has 0 aliphatic heterocycles. The quantitative estimate of drug-likeness (QED) is 0.891. The molecular weight excluding hydrogens is 239 g/mol. The van der Waals surface area contributed by atoms with Gasteiger partial charge in [-0.1, -0.05) is 15.9 Å². The van der Waals surface area contributed by atoms with Crippen LogP contribution in [-0.4, -0.2) is 11.1 Å². The SMILES string of the molecule is O=C(O)CCc1cc(F)ccc1Br. The second-order valence-electron chi connectivity index (χ2n) is 2.63. The van der Waals surface area contributed by atoms with Gasteiger partial charge < -0.3 is 5.11 Å². The summed E-state index contributed by atoms with van der Waals surface area (Å²) in [4.78, 5) is 10.3. The zero-order valence-corrected chi connectivity index (χ0v) is 8.34. The van der Waals surface area contributed by atoms with Gasteiger partial charge in [0.2, 0.25) is 0 Å². The number of hydrogen-bond donors (Lipinski definition) is 1. The Balaban J connectivity index is 2.75. The smallest absolute Gasteiger partial charge is 0.303 e. The lowest BCUT2D eigenvalue weighted by Gasteiger charge is -2.01. The first kappa shape index (κ1) is 10.2. The Morgan fingerprint density at radius 2 is 2.23 bits per heavy atom. The number of rotatable bonds is 3. The molecule has 70 valence electrons. The first-order chi connectivity index (χ1) is 6.09. The van der Waals surface area contributed by atoms with Crippen LogP contribution in [0.3, 0.4) is 0 Å². The Labute approximate surface area is 83.5 Å². The van der Waals surface area contributed by atoms with Gasteiger partial charge in [0.05, 0.1) is 0 Å². The first-order valence-electron chi connectivity index (χ1n) is 3.75. The highest BCUT2D eigenvalue weighted by Crippen LogP contribution is 2.19. The number of aliphatic carboxylic acids is 1. The molecule has 0 heterocycles. The number of carboxylic acids is 1. The molecule has 0 radical (unpaired) electrons. The highest BCUT2D eigenvalue weighted by atomic mass is 79.9. The van der Waals surface area contributed by atoms with Crippen LogP contribution in [0.1, 0.15) is 12.0 Å². The van der Waals surface area contributed by atoms with Gasteiger partial charge in [0.1, 0.15) is 5.82 Å². The first-order valence-corrected chi connectivity index (χ1v) is 4.54. The summed E-state index contributed by atoms with van der Waals surface area (Å²) in [5.41, 5.74) is 0.683. The predicted octanol–water partition coefficient (Wildman–Crippen LogP) is 2.61. The summed E-state index contributed by atoms with van der Waals surface area (Å²) in [6.45, 7) is 0. The van der Waals surface area contributed by atoms with Gasteiger partial charge >= 0.3 is 5.97 Å². The molecule has 1 aromatic carbocycles. The van der Waals surface area contributed by atoms with E-state index in [4.69, 9.17) is 5.11 Å². The van der Waals surface area contributed by atoms with E-state index in [0.29, 0.717) is 12.0 Å². The molecule has 0 aliphatic rings. The number of hydrogen-bond acceptors (Lipinski definition) is 1. The standard InChI is InChI=1S/C9H8BrFO2/c10-8-3-2-7(11)5-6(8)1-4-9(12)13/h2-3,5H,1,4H2,(H,12,13). The molecule has 0 aromatic heterocycles.